The highest BCUT2D eigenvalue weighted by Crippen LogP contribution is 2.35. The van der Waals surface area contributed by atoms with Crippen LogP contribution in [0.5, 0.6) is 17.2 Å². The van der Waals surface area contributed by atoms with Gasteiger partial charge in [-0.15, -0.1) is 0 Å². The van der Waals surface area contributed by atoms with Crippen LogP contribution in [0.4, 0.5) is 4.39 Å². The first-order valence-electron chi connectivity index (χ1n) is 7.80. The molecule has 3 aromatic carbocycles. The van der Waals surface area contributed by atoms with Crippen molar-refractivity contribution in [1.29, 1.82) is 0 Å². The molecule has 1 N–H and O–H groups in total. The van der Waals surface area contributed by atoms with Crippen LogP contribution in [0.3, 0.4) is 0 Å². The number of aromatic amines is 1. The number of benzene rings is 3. The van der Waals surface area contributed by atoms with Gasteiger partial charge in [-0.1, -0.05) is 24.3 Å². The molecule has 0 amide bonds. The number of para-hydroxylation sites is 2. The first kappa shape index (κ1) is 15.2. The van der Waals surface area contributed by atoms with Crippen LogP contribution < -0.4 is 9.47 Å². The lowest BCUT2D eigenvalue weighted by Crippen LogP contribution is -1.88. The van der Waals surface area contributed by atoms with Crippen LogP contribution in [-0.4, -0.2) is 17.3 Å². The number of aromatic nitrogens is 2. The van der Waals surface area contributed by atoms with E-state index in [1.165, 1.54) is 6.07 Å². The third-order valence-electron chi connectivity index (χ3n) is 3.96. The first-order chi connectivity index (χ1) is 12.3. The second-order valence-electron chi connectivity index (χ2n) is 5.51. The normalized spacial score (nSPS) is 10.8. The molecule has 4 nitrogen and oxygen atoms in total. The predicted octanol–water partition coefficient (Wildman–Crippen LogP) is 5.17. The van der Waals surface area contributed by atoms with E-state index in [0.717, 1.165) is 27.9 Å². The second-order valence-corrected chi connectivity index (χ2v) is 5.51. The van der Waals surface area contributed by atoms with Crippen molar-refractivity contribution in [3.8, 4) is 28.5 Å². The predicted molar refractivity (Wildman–Crippen MR) is 94.6 cm³/mol. The van der Waals surface area contributed by atoms with E-state index in [1.54, 1.807) is 37.4 Å². The van der Waals surface area contributed by atoms with Crippen molar-refractivity contribution in [1.82, 2.24) is 10.2 Å². The molecule has 0 unspecified atom stereocenters. The summed E-state index contributed by atoms with van der Waals surface area (Å²) in [5, 5.41) is 8.34. The van der Waals surface area contributed by atoms with Gasteiger partial charge in [-0.25, -0.2) is 4.39 Å². The van der Waals surface area contributed by atoms with Crippen LogP contribution in [0.2, 0.25) is 0 Å². The minimum Gasteiger partial charge on any atom is -0.496 e. The Morgan fingerprint density at radius 1 is 0.920 bits per heavy atom. The van der Waals surface area contributed by atoms with Gasteiger partial charge in [-0.3, -0.25) is 5.10 Å². The lowest BCUT2D eigenvalue weighted by molar-refractivity contribution is 0.416. The Morgan fingerprint density at radius 3 is 2.48 bits per heavy atom. The van der Waals surface area contributed by atoms with E-state index in [4.69, 9.17) is 9.47 Å². The molecule has 0 radical (unpaired) electrons. The molecule has 4 aromatic rings. The molecule has 0 fully saturated rings. The molecule has 0 bridgehead atoms. The van der Waals surface area contributed by atoms with Gasteiger partial charge in [-0.05, 0) is 36.4 Å². The molecule has 0 aliphatic heterocycles. The van der Waals surface area contributed by atoms with Crippen molar-refractivity contribution in [2.24, 2.45) is 0 Å². The summed E-state index contributed by atoms with van der Waals surface area (Å²) in [4.78, 5) is 0. The largest absolute Gasteiger partial charge is 0.496 e. The van der Waals surface area contributed by atoms with Gasteiger partial charge >= 0.3 is 0 Å². The SMILES string of the molecule is COc1ccccc1-c1n[nH]c2cc(Oc3ccccc3F)ccc12. The summed E-state index contributed by atoms with van der Waals surface area (Å²) in [6.07, 6.45) is 0. The standard InChI is InChI=1S/C20H15FN2O2/c1-24-18-8-4-2-6-15(18)20-14-11-10-13(12-17(14)22-23-20)25-19-9-5-3-7-16(19)21/h2-12H,1H3,(H,22,23). The molecule has 0 spiro atoms. The highest BCUT2D eigenvalue weighted by atomic mass is 19.1. The molecule has 25 heavy (non-hydrogen) atoms. The third-order valence-corrected chi connectivity index (χ3v) is 3.96. The highest BCUT2D eigenvalue weighted by Gasteiger charge is 2.13. The Kier molecular flexibility index (Phi) is 3.82. The van der Waals surface area contributed by atoms with Crippen molar-refractivity contribution < 1.29 is 13.9 Å². The maximum Gasteiger partial charge on any atom is 0.165 e. The quantitative estimate of drug-likeness (QED) is 0.560. The van der Waals surface area contributed by atoms with Crippen LogP contribution in [0, 0.1) is 5.82 Å². The van der Waals surface area contributed by atoms with E-state index in [0.29, 0.717) is 5.75 Å². The van der Waals surface area contributed by atoms with Crippen molar-refractivity contribution in [3.63, 3.8) is 0 Å². The fourth-order valence-electron chi connectivity index (χ4n) is 2.76. The number of ether oxygens (including phenoxy) is 2. The molecule has 124 valence electrons. The van der Waals surface area contributed by atoms with E-state index in [2.05, 4.69) is 10.2 Å². The number of hydrogen-bond acceptors (Lipinski definition) is 3. The monoisotopic (exact) mass is 334 g/mol. The zero-order valence-electron chi connectivity index (χ0n) is 13.5. The topological polar surface area (TPSA) is 47.1 Å². The van der Waals surface area contributed by atoms with Crippen LogP contribution in [0.15, 0.2) is 66.7 Å². The zero-order valence-corrected chi connectivity index (χ0v) is 13.5. The van der Waals surface area contributed by atoms with Crippen LogP contribution >= 0.6 is 0 Å². The number of H-pyrrole nitrogens is 1. The summed E-state index contributed by atoms with van der Waals surface area (Å²) in [6, 6.07) is 19.5. The maximum absolute atomic E-state index is 13.7. The van der Waals surface area contributed by atoms with Gasteiger partial charge in [0.25, 0.3) is 0 Å². The number of nitrogens with zero attached hydrogens (tertiary/aromatic N) is 1. The van der Waals surface area contributed by atoms with Gasteiger partial charge in [-0.2, -0.15) is 5.10 Å². The molecule has 0 atom stereocenters. The molecular weight excluding hydrogens is 319 g/mol. The summed E-state index contributed by atoms with van der Waals surface area (Å²) in [5.41, 5.74) is 2.50. The van der Waals surface area contributed by atoms with Gasteiger partial charge in [0, 0.05) is 17.0 Å². The third kappa shape index (κ3) is 2.80. The average Bonchev–Trinajstić information content (AvgIpc) is 3.06. The van der Waals surface area contributed by atoms with E-state index >= 15 is 0 Å². The summed E-state index contributed by atoms with van der Waals surface area (Å²) in [7, 11) is 1.63. The lowest BCUT2D eigenvalue weighted by atomic mass is 10.1. The molecule has 0 saturated heterocycles. The molecular formula is C20H15FN2O2. The van der Waals surface area contributed by atoms with Crippen LogP contribution in [0.25, 0.3) is 22.2 Å². The van der Waals surface area contributed by atoms with Gasteiger partial charge in [0.05, 0.1) is 12.6 Å². The van der Waals surface area contributed by atoms with Crippen molar-refractivity contribution in [2.45, 2.75) is 0 Å². The van der Waals surface area contributed by atoms with E-state index in [9.17, 15) is 4.39 Å². The molecule has 1 heterocycles. The first-order valence-corrected chi connectivity index (χ1v) is 7.80. The maximum atomic E-state index is 13.7. The molecule has 0 aliphatic carbocycles. The summed E-state index contributed by atoms with van der Waals surface area (Å²) in [6.45, 7) is 0. The van der Waals surface area contributed by atoms with E-state index < -0.39 is 5.82 Å². The van der Waals surface area contributed by atoms with E-state index in [-0.39, 0.29) is 5.75 Å². The molecule has 0 aliphatic rings. The Bertz CT molecular complexity index is 1040. The summed E-state index contributed by atoms with van der Waals surface area (Å²) < 4.78 is 24.8. The molecule has 5 heteroatoms. The molecule has 4 rings (SSSR count). The Hall–Kier alpha value is -3.34. The molecule has 0 saturated carbocycles. The number of rotatable bonds is 4. The van der Waals surface area contributed by atoms with Crippen molar-refractivity contribution in [2.75, 3.05) is 7.11 Å². The zero-order chi connectivity index (χ0) is 17.2. The second kappa shape index (κ2) is 6.28. The van der Waals surface area contributed by atoms with Gasteiger partial charge in [0.1, 0.15) is 17.2 Å². The van der Waals surface area contributed by atoms with Crippen LogP contribution in [-0.2, 0) is 0 Å². The van der Waals surface area contributed by atoms with Crippen LogP contribution in [0.1, 0.15) is 0 Å². The minimum atomic E-state index is -0.401. The number of fused-ring (bicyclic) bond motifs is 1. The number of nitrogens with one attached hydrogen (secondary N) is 1. The Labute approximate surface area is 143 Å². The van der Waals surface area contributed by atoms with Gasteiger partial charge < -0.3 is 9.47 Å². The fourth-order valence-corrected chi connectivity index (χ4v) is 2.76. The fraction of sp³-hybridized carbons (Fsp3) is 0.0500. The summed E-state index contributed by atoms with van der Waals surface area (Å²) >= 11 is 0. The Balaban J connectivity index is 1.73. The molecule has 1 aromatic heterocycles. The van der Waals surface area contributed by atoms with Crippen molar-refractivity contribution in [3.05, 3.63) is 72.5 Å². The van der Waals surface area contributed by atoms with Gasteiger partial charge in [0.15, 0.2) is 11.6 Å². The minimum absolute atomic E-state index is 0.186. The number of halogens is 1. The Morgan fingerprint density at radius 2 is 1.68 bits per heavy atom. The van der Waals surface area contributed by atoms with Gasteiger partial charge in [0.2, 0.25) is 0 Å². The van der Waals surface area contributed by atoms with E-state index in [1.807, 2.05) is 30.3 Å². The number of hydrogen-bond donors (Lipinski definition) is 1. The lowest BCUT2D eigenvalue weighted by Gasteiger charge is -2.07. The smallest absolute Gasteiger partial charge is 0.165 e. The van der Waals surface area contributed by atoms with Crippen molar-refractivity contribution >= 4 is 10.9 Å². The average molecular weight is 334 g/mol. The number of methoxy groups -OCH3 is 1. The highest BCUT2D eigenvalue weighted by molar-refractivity contribution is 5.95. The summed E-state index contributed by atoms with van der Waals surface area (Å²) in [5.74, 6) is 1.07.